The normalized spacial score (nSPS) is 20.8. The number of ether oxygens (including phenoxy) is 2. The SMILES string of the molecule is NC1CCN(c2ccc(N3C[C@H](COc4ccon4)OC3=O)cc2F)CC1. The fraction of sp³-hybridized carbons (Fsp3) is 0.444. The molecule has 27 heavy (non-hydrogen) atoms. The van der Waals surface area contributed by atoms with Gasteiger partial charge in [-0.3, -0.25) is 4.90 Å². The number of nitrogens with two attached hydrogens (primary N) is 1. The number of hydrogen-bond acceptors (Lipinski definition) is 7. The number of carbonyl (C=O) groups is 1. The number of cyclic esters (lactones) is 1. The lowest BCUT2D eigenvalue weighted by atomic mass is 10.1. The number of aromatic nitrogens is 1. The summed E-state index contributed by atoms with van der Waals surface area (Å²) < 4.78 is 30.0. The summed E-state index contributed by atoms with van der Waals surface area (Å²) in [6.07, 6.45) is 2.07. The van der Waals surface area contributed by atoms with Crippen molar-refractivity contribution in [2.24, 2.45) is 5.73 Å². The van der Waals surface area contributed by atoms with Crippen LogP contribution in [0.3, 0.4) is 0 Å². The van der Waals surface area contributed by atoms with Gasteiger partial charge in [-0.1, -0.05) is 0 Å². The molecule has 1 aromatic carbocycles. The molecule has 1 amide bonds. The van der Waals surface area contributed by atoms with Gasteiger partial charge >= 0.3 is 6.09 Å². The number of nitrogens with zero attached hydrogens (tertiary/aromatic N) is 3. The van der Waals surface area contributed by atoms with Crippen LogP contribution in [0.5, 0.6) is 5.88 Å². The molecule has 1 aromatic heterocycles. The molecule has 0 aliphatic carbocycles. The fourth-order valence-corrected chi connectivity index (χ4v) is 3.33. The molecule has 2 aliphatic heterocycles. The number of piperidine rings is 1. The highest BCUT2D eigenvalue weighted by Crippen LogP contribution is 2.29. The highest BCUT2D eigenvalue weighted by Gasteiger charge is 2.33. The Labute approximate surface area is 155 Å². The van der Waals surface area contributed by atoms with E-state index in [0.717, 1.165) is 25.9 Å². The van der Waals surface area contributed by atoms with Crippen LogP contribution in [0.15, 0.2) is 35.1 Å². The number of amides is 1. The van der Waals surface area contributed by atoms with Crippen LogP contribution < -0.4 is 20.3 Å². The van der Waals surface area contributed by atoms with Crippen LogP contribution in [0.2, 0.25) is 0 Å². The van der Waals surface area contributed by atoms with Gasteiger partial charge in [-0.2, -0.15) is 0 Å². The maximum atomic E-state index is 14.6. The summed E-state index contributed by atoms with van der Waals surface area (Å²) in [6.45, 7) is 1.87. The van der Waals surface area contributed by atoms with Crippen molar-refractivity contribution in [3.8, 4) is 5.88 Å². The summed E-state index contributed by atoms with van der Waals surface area (Å²) >= 11 is 0. The Morgan fingerprint density at radius 2 is 2.11 bits per heavy atom. The van der Waals surface area contributed by atoms with Gasteiger partial charge in [-0.05, 0) is 36.2 Å². The Hall–Kier alpha value is -2.81. The lowest BCUT2D eigenvalue weighted by molar-refractivity contribution is 0.102. The smallest absolute Gasteiger partial charge is 0.414 e. The molecule has 4 rings (SSSR count). The lowest BCUT2D eigenvalue weighted by Crippen LogP contribution is -2.40. The Bertz CT molecular complexity index is 793. The van der Waals surface area contributed by atoms with Gasteiger partial charge in [-0.25, -0.2) is 9.18 Å². The summed E-state index contributed by atoms with van der Waals surface area (Å²) in [5, 5.41) is 3.63. The first-order valence-corrected chi connectivity index (χ1v) is 8.91. The second kappa shape index (κ2) is 7.43. The average Bonchev–Trinajstić information content (AvgIpc) is 3.30. The summed E-state index contributed by atoms with van der Waals surface area (Å²) in [7, 11) is 0. The molecule has 2 aliphatic rings. The van der Waals surface area contributed by atoms with E-state index in [4.69, 9.17) is 15.2 Å². The molecule has 3 heterocycles. The quantitative estimate of drug-likeness (QED) is 0.854. The van der Waals surface area contributed by atoms with Crippen LogP contribution in [0.1, 0.15) is 12.8 Å². The van der Waals surface area contributed by atoms with E-state index >= 15 is 0 Å². The summed E-state index contributed by atoms with van der Waals surface area (Å²) in [5.41, 5.74) is 6.89. The van der Waals surface area contributed by atoms with Crippen LogP contribution in [0, 0.1) is 5.82 Å². The van der Waals surface area contributed by atoms with Gasteiger partial charge in [-0.15, -0.1) is 0 Å². The third-order valence-corrected chi connectivity index (χ3v) is 4.83. The first-order chi connectivity index (χ1) is 13.1. The Morgan fingerprint density at radius 3 is 2.81 bits per heavy atom. The van der Waals surface area contributed by atoms with Crippen molar-refractivity contribution in [1.82, 2.24) is 5.16 Å². The Kier molecular flexibility index (Phi) is 4.85. The van der Waals surface area contributed by atoms with E-state index in [1.54, 1.807) is 18.2 Å². The standard InChI is InChI=1S/C18H21FN4O4/c19-15-9-13(1-2-16(15)22-6-3-12(20)4-7-22)23-10-14(27-18(23)24)11-25-17-5-8-26-21-17/h1-2,5,8-9,12,14H,3-4,6-7,10-11,20H2/t14-/m1/s1. The maximum absolute atomic E-state index is 14.6. The van der Waals surface area contributed by atoms with Crippen molar-refractivity contribution in [3.05, 3.63) is 36.3 Å². The highest BCUT2D eigenvalue weighted by atomic mass is 19.1. The van der Waals surface area contributed by atoms with Gasteiger partial charge in [0, 0.05) is 25.2 Å². The molecule has 2 fully saturated rings. The zero-order valence-electron chi connectivity index (χ0n) is 14.7. The van der Waals surface area contributed by atoms with E-state index in [9.17, 15) is 9.18 Å². The molecular weight excluding hydrogens is 355 g/mol. The second-order valence-corrected chi connectivity index (χ2v) is 6.73. The van der Waals surface area contributed by atoms with Crippen molar-refractivity contribution < 1.29 is 23.2 Å². The number of anilines is 2. The van der Waals surface area contributed by atoms with Crippen molar-refractivity contribution in [1.29, 1.82) is 0 Å². The van der Waals surface area contributed by atoms with Gasteiger partial charge in [0.05, 0.1) is 17.9 Å². The summed E-state index contributed by atoms with van der Waals surface area (Å²) in [6, 6.07) is 6.55. The van der Waals surface area contributed by atoms with Crippen molar-refractivity contribution in [2.75, 3.05) is 36.0 Å². The van der Waals surface area contributed by atoms with Crippen LogP contribution in [0.25, 0.3) is 0 Å². The van der Waals surface area contributed by atoms with E-state index in [1.165, 1.54) is 17.2 Å². The molecule has 2 saturated heterocycles. The third kappa shape index (κ3) is 3.82. The highest BCUT2D eigenvalue weighted by molar-refractivity contribution is 5.90. The summed E-state index contributed by atoms with van der Waals surface area (Å²) in [5.74, 6) is -0.0424. The molecule has 9 heteroatoms. The molecule has 144 valence electrons. The number of rotatable bonds is 5. The largest absolute Gasteiger partial charge is 0.471 e. The lowest BCUT2D eigenvalue weighted by Gasteiger charge is -2.32. The average molecular weight is 376 g/mol. The van der Waals surface area contributed by atoms with Gasteiger partial charge in [0.15, 0.2) is 6.10 Å². The molecule has 0 bridgehead atoms. The zero-order valence-corrected chi connectivity index (χ0v) is 14.7. The van der Waals surface area contributed by atoms with Crippen LogP contribution in [-0.2, 0) is 4.74 Å². The predicted molar refractivity (Wildman–Crippen MR) is 95.4 cm³/mol. The summed E-state index contributed by atoms with van der Waals surface area (Å²) in [4.78, 5) is 15.5. The molecule has 8 nitrogen and oxygen atoms in total. The van der Waals surface area contributed by atoms with E-state index < -0.39 is 12.2 Å². The van der Waals surface area contributed by atoms with E-state index in [0.29, 0.717) is 17.3 Å². The molecule has 2 aromatic rings. The topological polar surface area (TPSA) is 94.1 Å². The predicted octanol–water partition coefficient (Wildman–Crippen LogP) is 2.15. The number of hydrogen-bond donors (Lipinski definition) is 1. The zero-order chi connectivity index (χ0) is 18.8. The molecular formula is C18H21FN4O4. The van der Waals surface area contributed by atoms with Gasteiger partial charge in [0.2, 0.25) is 0 Å². The van der Waals surface area contributed by atoms with Crippen LogP contribution in [-0.4, -0.2) is 49.6 Å². The first-order valence-electron chi connectivity index (χ1n) is 8.91. The van der Waals surface area contributed by atoms with Crippen LogP contribution >= 0.6 is 0 Å². The second-order valence-electron chi connectivity index (χ2n) is 6.73. The van der Waals surface area contributed by atoms with Crippen molar-refractivity contribution in [3.63, 3.8) is 0 Å². The van der Waals surface area contributed by atoms with Gasteiger partial charge in [0.1, 0.15) is 18.7 Å². The van der Waals surface area contributed by atoms with Crippen LogP contribution in [0.4, 0.5) is 20.6 Å². The van der Waals surface area contributed by atoms with E-state index in [-0.39, 0.29) is 25.0 Å². The van der Waals surface area contributed by atoms with Crippen molar-refractivity contribution in [2.45, 2.75) is 25.0 Å². The Balaban J connectivity index is 1.40. The minimum atomic E-state index is -0.528. The number of benzene rings is 1. The van der Waals surface area contributed by atoms with E-state index in [2.05, 4.69) is 9.68 Å². The fourth-order valence-electron chi connectivity index (χ4n) is 3.33. The Morgan fingerprint density at radius 1 is 1.30 bits per heavy atom. The maximum Gasteiger partial charge on any atom is 0.414 e. The minimum Gasteiger partial charge on any atom is -0.471 e. The molecule has 2 N–H and O–H groups in total. The molecule has 0 spiro atoms. The third-order valence-electron chi connectivity index (χ3n) is 4.83. The van der Waals surface area contributed by atoms with Gasteiger partial charge < -0.3 is 24.6 Å². The first kappa shape index (κ1) is 17.6. The molecule has 0 saturated carbocycles. The molecule has 0 radical (unpaired) electrons. The van der Waals surface area contributed by atoms with E-state index in [1.807, 2.05) is 4.90 Å². The molecule has 0 unspecified atom stereocenters. The van der Waals surface area contributed by atoms with Crippen molar-refractivity contribution >= 4 is 17.5 Å². The number of carbonyl (C=O) groups excluding carboxylic acids is 1. The monoisotopic (exact) mass is 376 g/mol. The molecule has 1 atom stereocenters. The minimum absolute atomic E-state index is 0.142. The number of halogens is 1. The van der Waals surface area contributed by atoms with Gasteiger partial charge in [0.25, 0.3) is 5.88 Å².